The Morgan fingerprint density at radius 1 is 1.18 bits per heavy atom. The number of methoxy groups -OCH3 is 1. The first-order chi connectivity index (χ1) is 16.0. The van der Waals surface area contributed by atoms with Gasteiger partial charge < -0.3 is 19.5 Å². The zero-order valence-corrected chi connectivity index (χ0v) is 18.7. The van der Waals surface area contributed by atoms with Crippen LogP contribution in [0.3, 0.4) is 0 Å². The Bertz CT molecular complexity index is 1140. The van der Waals surface area contributed by atoms with E-state index in [1.165, 1.54) is 6.07 Å². The molecule has 0 radical (unpaired) electrons. The summed E-state index contributed by atoms with van der Waals surface area (Å²) in [7, 11) is 3.50. The third-order valence-electron chi connectivity index (χ3n) is 6.14. The Balaban J connectivity index is 1.50. The van der Waals surface area contributed by atoms with Gasteiger partial charge in [-0.15, -0.1) is 0 Å². The minimum absolute atomic E-state index is 0.0592. The highest BCUT2D eigenvalue weighted by molar-refractivity contribution is 5.80. The lowest BCUT2D eigenvalue weighted by atomic mass is 9.94. The van der Waals surface area contributed by atoms with E-state index in [0.29, 0.717) is 43.2 Å². The molecule has 9 heteroatoms. The maximum Gasteiger partial charge on any atom is 0.292 e. The van der Waals surface area contributed by atoms with E-state index in [2.05, 4.69) is 10.3 Å². The van der Waals surface area contributed by atoms with Crippen molar-refractivity contribution in [2.24, 2.45) is 13.0 Å². The zero-order valence-electron chi connectivity index (χ0n) is 18.7. The maximum absolute atomic E-state index is 13.3. The molecule has 1 saturated heterocycles. The fraction of sp³-hybridized carbons (Fsp3) is 0.333. The molecule has 4 rings (SSSR count). The number of nitro groups is 1. The summed E-state index contributed by atoms with van der Waals surface area (Å²) in [6.45, 7) is 1.15. The van der Waals surface area contributed by atoms with Crippen LogP contribution in [0.15, 0.2) is 60.9 Å². The molecule has 33 heavy (non-hydrogen) atoms. The summed E-state index contributed by atoms with van der Waals surface area (Å²) < 4.78 is 7.42. The van der Waals surface area contributed by atoms with Crippen LogP contribution in [0.25, 0.3) is 0 Å². The van der Waals surface area contributed by atoms with Gasteiger partial charge in [0.2, 0.25) is 5.91 Å². The Hall–Kier alpha value is -3.88. The quantitative estimate of drug-likeness (QED) is 0.438. The van der Waals surface area contributed by atoms with Gasteiger partial charge >= 0.3 is 0 Å². The summed E-state index contributed by atoms with van der Waals surface area (Å²) in [5.41, 5.74) is 1.52. The van der Waals surface area contributed by atoms with Gasteiger partial charge in [-0.1, -0.05) is 30.3 Å². The predicted octanol–water partition coefficient (Wildman–Crippen LogP) is 3.46. The van der Waals surface area contributed by atoms with Gasteiger partial charge in [0.25, 0.3) is 5.69 Å². The molecule has 172 valence electrons. The van der Waals surface area contributed by atoms with Crippen LogP contribution >= 0.6 is 0 Å². The third kappa shape index (κ3) is 4.67. The summed E-state index contributed by atoms with van der Waals surface area (Å²) >= 11 is 0. The number of aromatic nitrogens is 2. The van der Waals surface area contributed by atoms with Crippen molar-refractivity contribution in [1.82, 2.24) is 14.9 Å². The molecule has 0 aliphatic carbocycles. The van der Waals surface area contributed by atoms with Gasteiger partial charge in [-0.3, -0.25) is 14.9 Å². The number of nitro benzene ring substituents is 1. The van der Waals surface area contributed by atoms with Crippen LogP contribution in [0.4, 0.5) is 11.4 Å². The van der Waals surface area contributed by atoms with Crippen molar-refractivity contribution in [2.75, 3.05) is 25.1 Å². The van der Waals surface area contributed by atoms with Crippen LogP contribution in [0.2, 0.25) is 0 Å². The van der Waals surface area contributed by atoms with E-state index in [9.17, 15) is 14.9 Å². The second-order valence-electron chi connectivity index (χ2n) is 8.09. The number of aryl methyl sites for hydroxylation is 1. The summed E-state index contributed by atoms with van der Waals surface area (Å²) in [6.07, 6.45) is 4.76. The Morgan fingerprint density at radius 3 is 2.55 bits per heavy atom. The van der Waals surface area contributed by atoms with Gasteiger partial charge in [-0.05, 0) is 25.0 Å². The van der Waals surface area contributed by atoms with Crippen molar-refractivity contribution in [3.8, 4) is 5.75 Å². The van der Waals surface area contributed by atoms with Gasteiger partial charge in [-0.2, -0.15) is 0 Å². The number of carbonyl (C=O) groups excluding carboxylic acids is 1. The third-order valence-corrected chi connectivity index (χ3v) is 6.14. The molecule has 1 aliphatic heterocycles. The highest BCUT2D eigenvalue weighted by Gasteiger charge is 2.31. The molecule has 1 aromatic heterocycles. The van der Waals surface area contributed by atoms with Crippen LogP contribution < -0.4 is 15.0 Å². The van der Waals surface area contributed by atoms with E-state index in [4.69, 9.17) is 4.74 Å². The number of nitrogens with zero attached hydrogens (tertiary/aromatic N) is 4. The first-order valence-electron chi connectivity index (χ1n) is 10.9. The number of para-hydroxylation sites is 3. The number of benzene rings is 2. The molecule has 1 unspecified atom stereocenters. The van der Waals surface area contributed by atoms with Crippen LogP contribution in [0.1, 0.15) is 30.3 Å². The van der Waals surface area contributed by atoms with Crippen molar-refractivity contribution in [2.45, 2.75) is 18.9 Å². The van der Waals surface area contributed by atoms with E-state index < -0.39 is 6.04 Å². The lowest BCUT2D eigenvalue weighted by Crippen LogP contribution is -2.42. The van der Waals surface area contributed by atoms with Gasteiger partial charge in [-0.25, -0.2) is 4.98 Å². The number of ether oxygens (including phenoxy) is 1. The molecular weight excluding hydrogens is 422 g/mol. The second kappa shape index (κ2) is 9.72. The van der Waals surface area contributed by atoms with Crippen molar-refractivity contribution < 1.29 is 14.5 Å². The van der Waals surface area contributed by atoms with E-state index in [-0.39, 0.29) is 22.4 Å². The minimum Gasteiger partial charge on any atom is -0.496 e. The number of carbonyl (C=O) groups is 1. The Kier molecular flexibility index (Phi) is 6.58. The van der Waals surface area contributed by atoms with Gasteiger partial charge in [0, 0.05) is 50.1 Å². The molecule has 2 aromatic carbocycles. The van der Waals surface area contributed by atoms with Crippen molar-refractivity contribution in [3.63, 3.8) is 0 Å². The topological polar surface area (TPSA) is 103 Å². The van der Waals surface area contributed by atoms with Crippen LogP contribution in [0.5, 0.6) is 5.75 Å². The molecular formula is C24H27N5O4. The fourth-order valence-electron chi connectivity index (χ4n) is 4.37. The maximum atomic E-state index is 13.3. The monoisotopic (exact) mass is 449 g/mol. The molecule has 3 aromatic rings. The van der Waals surface area contributed by atoms with Crippen LogP contribution in [-0.2, 0) is 11.8 Å². The number of piperidine rings is 1. The molecule has 0 spiro atoms. The summed E-state index contributed by atoms with van der Waals surface area (Å²) in [4.78, 5) is 30.8. The number of hydrogen-bond donors (Lipinski definition) is 1. The van der Waals surface area contributed by atoms with Gasteiger partial charge in [0.15, 0.2) is 0 Å². The molecule has 1 amide bonds. The van der Waals surface area contributed by atoms with Gasteiger partial charge in [0.1, 0.15) is 23.3 Å². The van der Waals surface area contributed by atoms with Crippen molar-refractivity contribution in [1.29, 1.82) is 0 Å². The van der Waals surface area contributed by atoms with E-state index in [0.717, 1.165) is 5.56 Å². The normalized spacial score (nSPS) is 15.2. The molecule has 9 nitrogen and oxygen atoms in total. The van der Waals surface area contributed by atoms with Crippen LogP contribution in [-0.4, -0.2) is 40.6 Å². The number of imidazole rings is 1. The standard InChI is InChI=1S/C24H27N5O4/c1-27-16-13-25-23(27)22(18-7-3-6-10-21(18)33-2)26-24(30)17-11-14-28(15-12-17)19-8-4-5-9-20(19)29(31)32/h3-10,13,16-17,22H,11-12,14-15H2,1-2H3,(H,26,30). The van der Waals surface area contributed by atoms with E-state index in [1.807, 2.05) is 47.0 Å². The lowest BCUT2D eigenvalue weighted by molar-refractivity contribution is -0.384. The number of anilines is 1. The Morgan fingerprint density at radius 2 is 1.88 bits per heavy atom. The number of rotatable bonds is 7. The number of nitrogens with one attached hydrogen (secondary N) is 1. The molecule has 1 atom stereocenters. The smallest absolute Gasteiger partial charge is 0.292 e. The number of hydrogen-bond acceptors (Lipinski definition) is 6. The number of amides is 1. The Labute approximate surface area is 192 Å². The summed E-state index contributed by atoms with van der Waals surface area (Å²) in [5, 5.41) is 14.6. The first-order valence-corrected chi connectivity index (χ1v) is 10.9. The van der Waals surface area contributed by atoms with E-state index >= 15 is 0 Å². The molecule has 1 N–H and O–H groups in total. The predicted molar refractivity (Wildman–Crippen MR) is 124 cm³/mol. The summed E-state index contributed by atoms with van der Waals surface area (Å²) in [5.74, 6) is 1.14. The molecule has 0 bridgehead atoms. The van der Waals surface area contributed by atoms with Crippen molar-refractivity contribution in [3.05, 3.63) is 82.4 Å². The summed E-state index contributed by atoms with van der Waals surface area (Å²) in [6, 6.07) is 13.9. The molecule has 1 fully saturated rings. The van der Waals surface area contributed by atoms with Gasteiger partial charge in [0.05, 0.1) is 12.0 Å². The molecule has 0 saturated carbocycles. The average Bonchev–Trinajstić information content (AvgIpc) is 3.28. The zero-order chi connectivity index (χ0) is 23.4. The van der Waals surface area contributed by atoms with Crippen molar-refractivity contribution >= 4 is 17.3 Å². The largest absolute Gasteiger partial charge is 0.496 e. The average molecular weight is 450 g/mol. The molecule has 1 aliphatic rings. The minimum atomic E-state index is -0.457. The second-order valence-corrected chi connectivity index (χ2v) is 8.09. The van der Waals surface area contributed by atoms with E-state index in [1.54, 1.807) is 31.5 Å². The first kappa shape index (κ1) is 22.3. The SMILES string of the molecule is COc1ccccc1C(NC(=O)C1CCN(c2ccccc2[N+](=O)[O-])CC1)c1nccn1C. The van der Waals surface area contributed by atoms with Crippen LogP contribution in [0, 0.1) is 16.0 Å². The lowest BCUT2D eigenvalue weighted by Gasteiger charge is -2.33. The highest BCUT2D eigenvalue weighted by Crippen LogP contribution is 2.33. The highest BCUT2D eigenvalue weighted by atomic mass is 16.6. The fourth-order valence-corrected chi connectivity index (χ4v) is 4.37. The molecule has 2 heterocycles.